The van der Waals surface area contributed by atoms with Crippen LogP contribution in [0.15, 0.2) is 29.2 Å². The number of nitrogens with zero attached hydrogens (tertiary/aromatic N) is 1. The lowest BCUT2D eigenvalue weighted by Gasteiger charge is -2.24. The largest absolute Gasteiger partial charge is 0.494 e. The van der Waals surface area contributed by atoms with Crippen molar-refractivity contribution in [3.63, 3.8) is 0 Å². The van der Waals surface area contributed by atoms with E-state index in [1.165, 1.54) is 4.31 Å². The highest BCUT2D eigenvalue weighted by atomic mass is 32.2. The number of rotatable bonds is 7. The van der Waals surface area contributed by atoms with Gasteiger partial charge in [-0.2, -0.15) is 0 Å². The summed E-state index contributed by atoms with van der Waals surface area (Å²) >= 11 is 0. The van der Waals surface area contributed by atoms with Gasteiger partial charge in [-0.3, -0.25) is 0 Å². The lowest BCUT2D eigenvalue weighted by atomic mass is 9.97. The quantitative estimate of drug-likeness (QED) is 0.772. The first-order valence-corrected chi connectivity index (χ1v) is 9.25. The molecule has 1 aromatic rings. The Labute approximate surface area is 133 Å². The Kier molecular flexibility index (Phi) is 6.23. The van der Waals surface area contributed by atoms with E-state index in [4.69, 9.17) is 9.47 Å². The molecule has 1 heterocycles. The van der Waals surface area contributed by atoms with Crippen molar-refractivity contribution < 1.29 is 17.9 Å². The van der Waals surface area contributed by atoms with Crippen molar-refractivity contribution in [2.75, 3.05) is 33.4 Å². The zero-order chi connectivity index (χ0) is 16.0. The minimum absolute atomic E-state index is 0.311. The van der Waals surface area contributed by atoms with Crippen molar-refractivity contribution >= 4 is 10.0 Å². The van der Waals surface area contributed by atoms with Crippen molar-refractivity contribution in [2.45, 2.75) is 31.1 Å². The van der Waals surface area contributed by atoms with Crippen molar-refractivity contribution in [3.05, 3.63) is 24.3 Å². The Hall–Kier alpha value is -1.11. The van der Waals surface area contributed by atoms with Gasteiger partial charge in [-0.15, -0.1) is 0 Å². The summed E-state index contributed by atoms with van der Waals surface area (Å²) in [5.41, 5.74) is 0. The highest BCUT2D eigenvalue weighted by Gasteiger charge is 2.22. The second-order valence-electron chi connectivity index (χ2n) is 5.58. The molecular formula is C16H25NO4S. The summed E-state index contributed by atoms with van der Waals surface area (Å²) in [5.74, 6) is 1.25. The number of ether oxygens (including phenoxy) is 2. The van der Waals surface area contributed by atoms with Gasteiger partial charge in [0.05, 0.1) is 11.5 Å². The average molecular weight is 327 g/mol. The van der Waals surface area contributed by atoms with Gasteiger partial charge in [0.2, 0.25) is 10.0 Å². The third kappa shape index (κ3) is 4.44. The molecule has 1 fully saturated rings. The first-order chi connectivity index (χ1) is 10.5. The molecule has 0 aliphatic carbocycles. The molecule has 2 rings (SSSR count). The van der Waals surface area contributed by atoms with E-state index in [9.17, 15) is 8.42 Å². The van der Waals surface area contributed by atoms with E-state index < -0.39 is 10.0 Å². The molecule has 1 aliphatic rings. The molecule has 1 aliphatic heterocycles. The van der Waals surface area contributed by atoms with E-state index in [0.29, 0.717) is 29.7 Å². The lowest BCUT2D eigenvalue weighted by Crippen LogP contribution is -2.30. The van der Waals surface area contributed by atoms with Gasteiger partial charge in [0.1, 0.15) is 5.75 Å². The van der Waals surface area contributed by atoms with E-state index in [-0.39, 0.29) is 0 Å². The van der Waals surface area contributed by atoms with E-state index in [0.717, 1.165) is 32.5 Å². The predicted octanol–water partition coefficient (Wildman–Crippen LogP) is 2.52. The SMILES string of the molecule is CCOc1ccc(S(=O)(=O)N(C)CCC2CCOCC2)cc1. The molecule has 0 spiro atoms. The molecule has 124 valence electrons. The summed E-state index contributed by atoms with van der Waals surface area (Å²) in [7, 11) is -1.78. The van der Waals surface area contributed by atoms with Gasteiger partial charge in [-0.1, -0.05) is 0 Å². The van der Waals surface area contributed by atoms with Gasteiger partial charge in [0.25, 0.3) is 0 Å². The molecule has 1 aromatic carbocycles. The second-order valence-corrected chi connectivity index (χ2v) is 7.62. The van der Waals surface area contributed by atoms with Gasteiger partial charge in [0.15, 0.2) is 0 Å². The molecular weight excluding hydrogens is 302 g/mol. The Balaban J connectivity index is 1.95. The van der Waals surface area contributed by atoms with Crippen LogP contribution in [0, 0.1) is 5.92 Å². The van der Waals surface area contributed by atoms with Crippen LogP contribution in [-0.2, 0) is 14.8 Å². The molecule has 0 aromatic heterocycles. The standard InChI is InChI=1S/C16H25NO4S/c1-3-21-15-4-6-16(7-5-15)22(18,19)17(2)11-8-14-9-12-20-13-10-14/h4-7,14H,3,8-13H2,1-2H3. The number of sulfonamides is 1. The molecule has 6 heteroatoms. The molecule has 0 N–H and O–H groups in total. The van der Waals surface area contributed by atoms with Crippen LogP contribution in [-0.4, -0.2) is 46.1 Å². The monoisotopic (exact) mass is 327 g/mol. The van der Waals surface area contributed by atoms with Crippen LogP contribution >= 0.6 is 0 Å². The van der Waals surface area contributed by atoms with Crippen LogP contribution in [0.2, 0.25) is 0 Å². The summed E-state index contributed by atoms with van der Waals surface area (Å²) in [6.45, 7) is 4.59. The Morgan fingerprint density at radius 3 is 2.45 bits per heavy atom. The molecule has 0 radical (unpaired) electrons. The molecule has 0 bridgehead atoms. The maximum atomic E-state index is 12.5. The average Bonchev–Trinajstić information content (AvgIpc) is 2.54. The fourth-order valence-electron chi connectivity index (χ4n) is 2.57. The highest BCUT2D eigenvalue weighted by molar-refractivity contribution is 7.89. The van der Waals surface area contributed by atoms with E-state index >= 15 is 0 Å². The summed E-state index contributed by atoms with van der Waals surface area (Å²) in [6, 6.07) is 6.60. The third-order valence-electron chi connectivity index (χ3n) is 4.04. The third-order valence-corrected chi connectivity index (χ3v) is 5.91. The van der Waals surface area contributed by atoms with Gasteiger partial charge in [-0.05, 0) is 56.4 Å². The molecule has 0 atom stereocenters. The highest BCUT2D eigenvalue weighted by Crippen LogP contribution is 2.22. The van der Waals surface area contributed by atoms with Crippen molar-refractivity contribution in [1.82, 2.24) is 4.31 Å². The van der Waals surface area contributed by atoms with Crippen LogP contribution in [0.25, 0.3) is 0 Å². The number of hydrogen-bond acceptors (Lipinski definition) is 4. The van der Waals surface area contributed by atoms with E-state index in [2.05, 4.69) is 0 Å². The van der Waals surface area contributed by atoms with Crippen molar-refractivity contribution in [1.29, 1.82) is 0 Å². The van der Waals surface area contributed by atoms with Crippen LogP contribution in [0.3, 0.4) is 0 Å². The van der Waals surface area contributed by atoms with E-state index in [1.54, 1.807) is 31.3 Å². The summed E-state index contributed by atoms with van der Waals surface area (Å²) in [5, 5.41) is 0. The first kappa shape index (κ1) is 17.2. The summed E-state index contributed by atoms with van der Waals surface area (Å²) < 4.78 is 37.2. The molecule has 0 amide bonds. The fourth-order valence-corrected chi connectivity index (χ4v) is 3.76. The zero-order valence-corrected chi connectivity index (χ0v) is 14.1. The Morgan fingerprint density at radius 2 is 1.86 bits per heavy atom. The van der Waals surface area contributed by atoms with Crippen LogP contribution < -0.4 is 4.74 Å². The van der Waals surface area contributed by atoms with Gasteiger partial charge in [0, 0.05) is 26.8 Å². The zero-order valence-electron chi connectivity index (χ0n) is 13.3. The number of benzene rings is 1. The number of hydrogen-bond donors (Lipinski definition) is 0. The van der Waals surface area contributed by atoms with Crippen molar-refractivity contribution in [3.8, 4) is 5.75 Å². The lowest BCUT2D eigenvalue weighted by molar-refractivity contribution is 0.0628. The van der Waals surface area contributed by atoms with Gasteiger partial charge >= 0.3 is 0 Å². The second kappa shape index (κ2) is 7.94. The van der Waals surface area contributed by atoms with Crippen LogP contribution in [0.5, 0.6) is 5.75 Å². The normalized spacial score (nSPS) is 16.9. The molecule has 5 nitrogen and oxygen atoms in total. The topological polar surface area (TPSA) is 55.8 Å². The summed E-state index contributed by atoms with van der Waals surface area (Å²) in [4.78, 5) is 0.311. The Bertz CT molecular complexity index is 550. The van der Waals surface area contributed by atoms with Crippen LogP contribution in [0.1, 0.15) is 26.2 Å². The molecule has 0 saturated carbocycles. The minimum atomic E-state index is -3.42. The Morgan fingerprint density at radius 1 is 1.23 bits per heavy atom. The molecule has 22 heavy (non-hydrogen) atoms. The summed E-state index contributed by atoms with van der Waals surface area (Å²) in [6.07, 6.45) is 2.93. The van der Waals surface area contributed by atoms with E-state index in [1.807, 2.05) is 6.92 Å². The molecule has 0 unspecified atom stereocenters. The maximum absolute atomic E-state index is 12.5. The predicted molar refractivity (Wildman–Crippen MR) is 85.6 cm³/mol. The fraction of sp³-hybridized carbons (Fsp3) is 0.625. The minimum Gasteiger partial charge on any atom is -0.494 e. The van der Waals surface area contributed by atoms with Crippen molar-refractivity contribution in [2.24, 2.45) is 5.92 Å². The van der Waals surface area contributed by atoms with Crippen LogP contribution in [0.4, 0.5) is 0 Å². The molecule has 1 saturated heterocycles. The van der Waals surface area contributed by atoms with Gasteiger partial charge < -0.3 is 9.47 Å². The van der Waals surface area contributed by atoms with Gasteiger partial charge in [-0.25, -0.2) is 12.7 Å². The maximum Gasteiger partial charge on any atom is 0.242 e. The smallest absolute Gasteiger partial charge is 0.242 e. The first-order valence-electron chi connectivity index (χ1n) is 7.81.